The number of fused-ring (bicyclic) bond motifs is 1. The Morgan fingerprint density at radius 1 is 0.903 bits per heavy atom. The van der Waals surface area contributed by atoms with Gasteiger partial charge in [0.1, 0.15) is 17.6 Å². The van der Waals surface area contributed by atoms with E-state index in [1.165, 1.54) is 4.80 Å². The normalized spacial score (nSPS) is 13.1. The van der Waals surface area contributed by atoms with Crippen molar-refractivity contribution in [3.63, 3.8) is 0 Å². The predicted octanol–water partition coefficient (Wildman–Crippen LogP) is 5.27. The van der Waals surface area contributed by atoms with Crippen LogP contribution < -0.4 is 5.32 Å². The third-order valence-electron chi connectivity index (χ3n) is 5.27. The molecule has 7 heteroatoms. The van der Waals surface area contributed by atoms with Crippen LogP contribution in [-0.4, -0.2) is 26.9 Å². The molecule has 1 heterocycles. The maximum Gasteiger partial charge on any atom is 0.243 e. The van der Waals surface area contributed by atoms with Gasteiger partial charge in [-0.25, -0.2) is 0 Å². The van der Waals surface area contributed by atoms with Crippen LogP contribution in [0.1, 0.15) is 24.0 Å². The standard InChI is InChI=1S/C24H22Cl2N4O/c1-16(27-24(31)15-30-28-22-4-2-3-5-23(22)29-30)21(18-8-12-20(26)13-9-18)14-17-6-10-19(25)11-7-17/h2-13,16,21H,14-15H2,1H3,(H,27,31). The van der Waals surface area contributed by atoms with Gasteiger partial charge in [0.05, 0.1) is 0 Å². The first-order valence-corrected chi connectivity index (χ1v) is 10.8. The van der Waals surface area contributed by atoms with E-state index in [4.69, 9.17) is 23.2 Å². The topological polar surface area (TPSA) is 59.8 Å². The molecule has 3 aromatic carbocycles. The molecule has 4 aromatic rings. The first kappa shape index (κ1) is 21.3. The summed E-state index contributed by atoms with van der Waals surface area (Å²) in [4.78, 5) is 14.2. The minimum Gasteiger partial charge on any atom is -0.351 e. The van der Waals surface area contributed by atoms with Crippen LogP contribution >= 0.6 is 23.2 Å². The quantitative estimate of drug-likeness (QED) is 0.415. The summed E-state index contributed by atoms with van der Waals surface area (Å²) in [5.41, 5.74) is 3.79. The van der Waals surface area contributed by atoms with Crippen molar-refractivity contribution >= 4 is 40.1 Å². The van der Waals surface area contributed by atoms with Gasteiger partial charge in [0, 0.05) is 22.0 Å². The average molecular weight is 453 g/mol. The average Bonchev–Trinajstić information content (AvgIpc) is 3.16. The van der Waals surface area contributed by atoms with Crippen molar-refractivity contribution in [3.05, 3.63) is 94.0 Å². The number of hydrogen-bond donors (Lipinski definition) is 1. The number of amides is 1. The van der Waals surface area contributed by atoms with Gasteiger partial charge in [0.2, 0.25) is 5.91 Å². The molecule has 0 aliphatic rings. The maximum atomic E-state index is 12.7. The Bertz CT molecular complexity index is 1140. The van der Waals surface area contributed by atoms with Gasteiger partial charge in [-0.2, -0.15) is 15.0 Å². The molecule has 0 radical (unpaired) electrons. The van der Waals surface area contributed by atoms with Crippen LogP contribution in [0, 0.1) is 0 Å². The van der Waals surface area contributed by atoms with E-state index in [0.717, 1.165) is 28.6 Å². The van der Waals surface area contributed by atoms with E-state index in [9.17, 15) is 4.79 Å². The van der Waals surface area contributed by atoms with E-state index < -0.39 is 0 Å². The number of carbonyl (C=O) groups excluding carboxylic acids is 1. The van der Waals surface area contributed by atoms with Gasteiger partial charge in [-0.05, 0) is 60.9 Å². The summed E-state index contributed by atoms with van der Waals surface area (Å²) >= 11 is 12.1. The van der Waals surface area contributed by atoms with Crippen molar-refractivity contribution < 1.29 is 4.79 Å². The SMILES string of the molecule is CC(NC(=O)Cn1nc2ccccc2n1)C(Cc1ccc(Cl)cc1)c1ccc(Cl)cc1. The Morgan fingerprint density at radius 2 is 1.45 bits per heavy atom. The number of aromatic nitrogens is 3. The Morgan fingerprint density at radius 3 is 2.03 bits per heavy atom. The number of hydrogen-bond acceptors (Lipinski definition) is 3. The lowest BCUT2D eigenvalue weighted by molar-refractivity contribution is -0.122. The smallest absolute Gasteiger partial charge is 0.243 e. The van der Waals surface area contributed by atoms with Gasteiger partial charge in [-0.3, -0.25) is 4.79 Å². The van der Waals surface area contributed by atoms with Crippen molar-refractivity contribution in [1.82, 2.24) is 20.3 Å². The molecule has 0 saturated carbocycles. The highest BCUT2D eigenvalue weighted by Crippen LogP contribution is 2.26. The van der Waals surface area contributed by atoms with E-state index >= 15 is 0 Å². The molecule has 0 fully saturated rings. The van der Waals surface area contributed by atoms with E-state index in [-0.39, 0.29) is 24.4 Å². The Balaban J connectivity index is 1.49. The fourth-order valence-electron chi connectivity index (χ4n) is 3.67. The first-order valence-electron chi connectivity index (χ1n) is 10.1. The lowest BCUT2D eigenvalue weighted by atomic mass is 9.86. The number of rotatable bonds is 7. The predicted molar refractivity (Wildman–Crippen MR) is 124 cm³/mol. The van der Waals surface area contributed by atoms with E-state index in [1.807, 2.05) is 79.7 Å². The highest BCUT2D eigenvalue weighted by Gasteiger charge is 2.22. The van der Waals surface area contributed by atoms with Gasteiger partial charge in [-0.15, -0.1) is 0 Å². The molecule has 4 rings (SSSR count). The summed E-state index contributed by atoms with van der Waals surface area (Å²) < 4.78 is 0. The van der Waals surface area contributed by atoms with E-state index in [0.29, 0.717) is 10.0 Å². The number of carbonyl (C=O) groups is 1. The Labute approximate surface area is 191 Å². The zero-order valence-corrected chi connectivity index (χ0v) is 18.5. The minimum atomic E-state index is -0.136. The molecule has 1 amide bonds. The molecule has 2 atom stereocenters. The van der Waals surface area contributed by atoms with Gasteiger partial charge < -0.3 is 5.32 Å². The van der Waals surface area contributed by atoms with Crippen LogP contribution in [0.4, 0.5) is 0 Å². The van der Waals surface area contributed by atoms with Crippen LogP contribution in [0.2, 0.25) is 10.0 Å². The van der Waals surface area contributed by atoms with E-state index in [1.54, 1.807) is 0 Å². The first-order chi connectivity index (χ1) is 15.0. The second kappa shape index (κ2) is 9.50. The molecule has 0 aliphatic heterocycles. The van der Waals surface area contributed by atoms with Gasteiger partial charge in [0.25, 0.3) is 0 Å². The molecule has 2 unspecified atom stereocenters. The summed E-state index contributed by atoms with van der Waals surface area (Å²) in [5.74, 6) is -0.0741. The van der Waals surface area contributed by atoms with Crippen molar-refractivity contribution in [3.8, 4) is 0 Å². The summed E-state index contributed by atoms with van der Waals surface area (Å²) in [5, 5.41) is 13.2. The van der Waals surface area contributed by atoms with Crippen molar-refractivity contribution in [2.24, 2.45) is 0 Å². The van der Waals surface area contributed by atoms with Crippen LogP contribution in [-0.2, 0) is 17.8 Å². The Kier molecular flexibility index (Phi) is 6.54. The van der Waals surface area contributed by atoms with Crippen LogP contribution in [0.15, 0.2) is 72.8 Å². The molecule has 1 aromatic heterocycles. The maximum absolute atomic E-state index is 12.7. The monoisotopic (exact) mass is 452 g/mol. The second-order valence-electron chi connectivity index (χ2n) is 7.56. The molecule has 0 saturated heterocycles. The number of halogens is 2. The fraction of sp³-hybridized carbons (Fsp3) is 0.208. The zero-order chi connectivity index (χ0) is 21.8. The summed E-state index contributed by atoms with van der Waals surface area (Å²) in [6, 6.07) is 23.0. The highest BCUT2D eigenvalue weighted by atomic mass is 35.5. The van der Waals surface area contributed by atoms with Crippen molar-refractivity contribution in [2.45, 2.75) is 31.8 Å². The molecule has 0 aliphatic carbocycles. The molecular formula is C24H22Cl2N4O. The molecule has 1 N–H and O–H groups in total. The largest absolute Gasteiger partial charge is 0.351 e. The van der Waals surface area contributed by atoms with Crippen LogP contribution in [0.25, 0.3) is 11.0 Å². The van der Waals surface area contributed by atoms with E-state index in [2.05, 4.69) is 15.5 Å². The molecule has 0 spiro atoms. The third kappa shape index (κ3) is 5.43. The molecule has 5 nitrogen and oxygen atoms in total. The van der Waals surface area contributed by atoms with Gasteiger partial charge >= 0.3 is 0 Å². The lowest BCUT2D eigenvalue weighted by Gasteiger charge is -2.26. The molecule has 31 heavy (non-hydrogen) atoms. The zero-order valence-electron chi connectivity index (χ0n) is 17.0. The number of nitrogens with zero attached hydrogens (tertiary/aromatic N) is 3. The van der Waals surface area contributed by atoms with Crippen LogP contribution in [0.5, 0.6) is 0 Å². The third-order valence-corrected chi connectivity index (χ3v) is 5.78. The summed E-state index contributed by atoms with van der Waals surface area (Å²) in [6.07, 6.45) is 0.754. The number of benzene rings is 3. The molecule has 0 bridgehead atoms. The fourth-order valence-corrected chi connectivity index (χ4v) is 3.92. The minimum absolute atomic E-state index is 0.0621. The lowest BCUT2D eigenvalue weighted by Crippen LogP contribution is -2.40. The Hall–Kier alpha value is -2.89. The van der Waals surface area contributed by atoms with Gasteiger partial charge in [0.15, 0.2) is 0 Å². The summed E-state index contributed by atoms with van der Waals surface area (Å²) in [6.45, 7) is 2.08. The second-order valence-corrected chi connectivity index (χ2v) is 8.44. The van der Waals surface area contributed by atoms with Crippen LogP contribution in [0.3, 0.4) is 0 Å². The summed E-state index contributed by atoms with van der Waals surface area (Å²) in [7, 11) is 0. The van der Waals surface area contributed by atoms with Crippen molar-refractivity contribution in [2.75, 3.05) is 0 Å². The van der Waals surface area contributed by atoms with Gasteiger partial charge in [-0.1, -0.05) is 59.6 Å². The molecule has 158 valence electrons. The highest BCUT2D eigenvalue weighted by molar-refractivity contribution is 6.30. The number of nitrogens with one attached hydrogen (secondary N) is 1. The molecular weight excluding hydrogens is 431 g/mol. The van der Waals surface area contributed by atoms with Crippen molar-refractivity contribution in [1.29, 1.82) is 0 Å².